The summed E-state index contributed by atoms with van der Waals surface area (Å²) in [6, 6.07) is 5.39. The van der Waals surface area contributed by atoms with Gasteiger partial charge in [0, 0.05) is 35.8 Å². The lowest BCUT2D eigenvalue weighted by atomic mass is 10.1. The van der Waals surface area contributed by atoms with E-state index in [-0.39, 0.29) is 11.9 Å². The summed E-state index contributed by atoms with van der Waals surface area (Å²) in [4.78, 5) is 13.9. The number of hydrogen-bond donors (Lipinski definition) is 1. The molecule has 2 N–H and O–H groups in total. The number of halogens is 1. The van der Waals surface area contributed by atoms with E-state index in [2.05, 4.69) is 0 Å². The number of carbonyl (C=O) groups excluding carboxylic acids is 1. The van der Waals surface area contributed by atoms with Crippen molar-refractivity contribution < 1.29 is 9.53 Å². The number of carbonyl (C=O) groups is 1. The predicted molar refractivity (Wildman–Crippen MR) is 80.8 cm³/mol. The van der Waals surface area contributed by atoms with Crippen molar-refractivity contribution in [2.24, 2.45) is 5.73 Å². The van der Waals surface area contributed by atoms with E-state index in [4.69, 9.17) is 22.1 Å². The fraction of sp³-hybridized carbons (Fsp3) is 0.400. The first-order valence-corrected chi connectivity index (χ1v) is 7.04. The van der Waals surface area contributed by atoms with Gasteiger partial charge in [-0.25, -0.2) is 0 Å². The lowest BCUT2D eigenvalue weighted by Crippen LogP contribution is -2.45. The molecule has 2 rings (SSSR count). The molecule has 0 spiro atoms. The van der Waals surface area contributed by atoms with Crippen molar-refractivity contribution in [1.29, 1.82) is 0 Å². The highest BCUT2D eigenvalue weighted by Gasteiger charge is 2.19. The van der Waals surface area contributed by atoms with Gasteiger partial charge in [0.05, 0.1) is 7.11 Å². The van der Waals surface area contributed by atoms with E-state index in [0.29, 0.717) is 17.3 Å². The number of piperidine rings is 1. The molecular weight excluding hydrogens is 276 g/mol. The van der Waals surface area contributed by atoms with E-state index >= 15 is 0 Å². The number of benzene rings is 1. The van der Waals surface area contributed by atoms with E-state index < -0.39 is 0 Å². The molecule has 1 aliphatic heterocycles. The molecule has 1 fully saturated rings. The molecule has 0 aliphatic carbocycles. The lowest BCUT2D eigenvalue weighted by Gasteiger charge is -2.29. The third kappa shape index (κ3) is 3.74. The van der Waals surface area contributed by atoms with E-state index in [9.17, 15) is 4.79 Å². The number of hydrogen-bond acceptors (Lipinski definition) is 3. The minimum Gasteiger partial charge on any atom is -0.496 e. The second kappa shape index (κ2) is 6.77. The largest absolute Gasteiger partial charge is 0.496 e. The van der Waals surface area contributed by atoms with Crippen LogP contribution in [0.3, 0.4) is 0 Å². The van der Waals surface area contributed by atoms with Crippen LogP contribution in [0.2, 0.25) is 5.02 Å². The minimum atomic E-state index is -0.0258. The Labute approximate surface area is 124 Å². The number of nitrogens with two attached hydrogens (primary N) is 1. The maximum Gasteiger partial charge on any atom is 0.246 e. The third-order valence-electron chi connectivity index (χ3n) is 3.37. The van der Waals surface area contributed by atoms with Gasteiger partial charge in [0.25, 0.3) is 0 Å². The van der Waals surface area contributed by atoms with Crippen molar-refractivity contribution in [1.82, 2.24) is 4.90 Å². The Bertz CT molecular complexity index is 517. The molecule has 0 saturated carbocycles. The fourth-order valence-corrected chi connectivity index (χ4v) is 2.49. The molecule has 1 saturated heterocycles. The molecule has 0 bridgehead atoms. The number of likely N-dealkylation sites (tertiary alicyclic amines) is 1. The molecule has 1 atom stereocenters. The van der Waals surface area contributed by atoms with E-state index in [0.717, 1.165) is 24.9 Å². The summed E-state index contributed by atoms with van der Waals surface area (Å²) >= 11 is 5.96. The van der Waals surface area contributed by atoms with Crippen LogP contribution in [-0.4, -0.2) is 37.0 Å². The molecule has 1 aromatic rings. The first-order valence-electron chi connectivity index (χ1n) is 6.66. The van der Waals surface area contributed by atoms with Crippen LogP contribution >= 0.6 is 11.6 Å². The average molecular weight is 295 g/mol. The highest BCUT2D eigenvalue weighted by atomic mass is 35.5. The molecule has 5 heteroatoms. The van der Waals surface area contributed by atoms with Gasteiger partial charge in [0.1, 0.15) is 5.75 Å². The van der Waals surface area contributed by atoms with E-state index in [1.165, 1.54) is 0 Å². The van der Waals surface area contributed by atoms with Crippen molar-refractivity contribution >= 4 is 23.6 Å². The monoisotopic (exact) mass is 294 g/mol. The van der Waals surface area contributed by atoms with Crippen LogP contribution in [0.1, 0.15) is 18.4 Å². The van der Waals surface area contributed by atoms with Gasteiger partial charge in [-0.15, -0.1) is 0 Å². The second-order valence-corrected chi connectivity index (χ2v) is 5.34. The fourth-order valence-electron chi connectivity index (χ4n) is 2.31. The summed E-state index contributed by atoms with van der Waals surface area (Å²) in [6.45, 7) is 1.39. The number of nitrogens with zero attached hydrogens (tertiary/aromatic N) is 1. The van der Waals surface area contributed by atoms with Gasteiger partial charge < -0.3 is 15.4 Å². The van der Waals surface area contributed by atoms with Gasteiger partial charge in [-0.1, -0.05) is 11.6 Å². The summed E-state index contributed by atoms with van der Waals surface area (Å²) in [5.74, 6) is 0.663. The van der Waals surface area contributed by atoms with Crippen molar-refractivity contribution in [3.63, 3.8) is 0 Å². The summed E-state index contributed by atoms with van der Waals surface area (Å²) in [5, 5.41) is 0.609. The van der Waals surface area contributed by atoms with Gasteiger partial charge >= 0.3 is 0 Å². The highest BCUT2D eigenvalue weighted by Crippen LogP contribution is 2.24. The van der Waals surface area contributed by atoms with Crippen LogP contribution in [0, 0.1) is 0 Å². The molecule has 1 heterocycles. The predicted octanol–water partition coefficient (Wildman–Crippen LogP) is 2.31. The molecule has 1 aliphatic rings. The van der Waals surface area contributed by atoms with Crippen LogP contribution in [0.5, 0.6) is 5.75 Å². The molecule has 1 unspecified atom stereocenters. The highest BCUT2D eigenvalue weighted by molar-refractivity contribution is 6.30. The maximum atomic E-state index is 12.1. The quantitative estimate of drug-likeness (QED) is 0.871. The minimum absolute atomic E-state index is 0.0258. The summed E-state index contributed by atoms with van der Waals surface area (Å²) in [7, 11) is 1.59. The normalized spacial score (nSPS) is 19.4. The molecule has 1 aromatic carbocycles. The number of amides is 1. The average Bonchev–Trinajstić information content (AvgIpc) is 2.45. The zero-order valence-corrected chi connectivity index (χ0v) is 12.3. The van der Waals surface area contributed by atoms with E-state index in [1.807, 2.05) is 0 Å². The molecule has 108 valence electrons. The number of rotatable bonds is 3. The summed E-state index contributed by atoms with van der Waals surface area (Å²) in [6.07, 6.45) is 5.22. The summed E-state index contributed by atoms with van der Waals surface area (Å²) < 4.78 is 5.24. The Morgan fingerprint density at radius 2 is 2.35 bits per heavy atom. The Kier molecular flexibility index (Phi) is 5.04. The molecule has 20 heavy (non-hydrogen) atoms. The van der Waals surface area contributed by atoms with Gasteiger partial charge in [0.2, 0.25) is 5.91 Å². The Hall–Kier alpha value is -1.52. The van der Waals surface area contributed by atoms with E-state index in [1.54, 1.807) is 42.4 Å². The summed E-state index contributed by atoms with van der Waals surface area (Å²) in [5.41, 5.74) is 6.67. The standard InChI is InChI=1S/C15H19ClN2O2/c1-20-14-6-5-12(16)9-11(14)4-7-15(19)18-8-2-3-13(17)10-18/h4-7,9,13H,2-3,8,10,17H2,1H3. The SMILES string of the molecule is COc1ccc(Cl)cc1C=CC(=O)N1CCCC(N)C1. The van der Waals surface area contributed by atoms with Crippen LogP contribution < -0.4 is 10.5 Å². The van der Waals surface area contributed by atoms with Crippen molar-refractivity contribution in [2.75, 3.05) is 20.2 Å². The van der Waals surface area contributed by atoms with Crippen LogP contribution in [-0.2, 0) is 4.79 Å². The second-order valence-electron chi connectivity index (χ2n) is 4.91. The smallest absolute Gasteiger partial charge is 0.246 e. The Morgan fingerprint density at radius 1 is 1.55 bits per heavy atom. The van der Waals surface area contributed by atoms with Gasteiger partial charge in [0.15, 0.2) is 0 Å². The zero-order valence-electron chi connectivity index (χ0n) is 11.5. The molecule has 0 aromatic heterocycles. The maximum absolute atomic E-state index is 12.1. The van der Waals surface area contributed by atoms with Crippen LogP contribution in [0.25, 0.3) is 6.08 Å². The van der Waals surface area contributed by atoms with Crippen molar-refractivity contribution in [3.8, 4) is 5.75 Å². The Morgan fingerprint density at radius 3 is 3.05 bits per heavy atom. The van der Waals surface area contributed by atoms with Crippen LogP contribution in [0.4, 0.5) is 0 Å². The van der Waals surface area contributed by atoms with Gasteiger partial charge in [-0.3, -0.25) is 4.79 Å². The van der Waals surface area contributed by atoms with Crippen molar-refractivity contribution in [2.45, 2.75) is 18.9 Å². The van der Waals surface area contributed by atoms with Crippen LogP contribution in [0.15, 0.2) is 24.3 Å². The zero-order chi connectivity index (χ0) is 14.5. The number of ether oxygens (including phenoxy) is 1. The lowest BCUT2D eigenvalue weighted by molar-refractivity contribution is -0.127. The molecular formula is C15H19ClN2O2. The Balaban J connectivity index is 2.08. The first-order chi connectivity index (χ1) is 9.60. The van der Waals surface area contributed by atoms with Gasteiger partial charge in [-0.2, -0.15) is 0 Å². The van der Waals surface area contributed by atoms with Gasteiger partial charge in [-0.05, 0) is 37.1 Å². The third-order valence-corrected chi connectivity index (χ3v) is 3.60. The van der Waals surface area contributed by atoms with Crippen molar-refractivity contribution in [3.05, 3.63) is 34.9 Å². The first kappa shape index (κ1) is 14.9. The number of methoxy groups -OCH3 is 1. The molecule has 4 nitrogen and oxygen atoms in total. The molecule has 1 amide bonds. The molecule has 0 radical (unpaired) electrons. The topological polar surface area (TPSA) is 55.6 Å².